The molecule has 7 nitrogen and oxygen atoms in total. The molecule has 8 heteroatoms. The maximum Gasteiger partial charge on any atom is 0.283 e. The first-order valence-corrected chi connectivity index (χ1v) is 9.41. The van der Waals surface area contributed by atoms with Crippen LogP contribution in [0.3, 0.4) is 0 Å². The lowest BCUT2D eigenvalue weighted by atomic mass is 10.2. The molecule has 1 heterocycles. The molecule has 2 aromatic carbocycles. The van der Waals surface area contributed by atoms with Crippen molar-refractivity contribution in [1.29, 1.82) is 0 Å². The normalized spacial score (nSPS) is 11.6. The number of rotatable bonds is 7. The van der Waals surface area contributed by atoms with Crippen molar-refractivity contribution in [3.05, 3.63) is 46.8 Å². The summed E-state index contributed by atoms with van der Waals surface area (Å²) in [5, 5.41) is 0. The minimum absolute atomic E-state index is 0.343. The number of nitrogens with zero attached hydrogens (tertiary/aromatic N) is 2. The molecule has 0 aliphatic carbocycles. The van der Waals surface area contributed by atoms with Crippen molar-refractivity contribution in [2.45, 2.75) is 6.54 Å². The Labute approximate surface area is 166 Å². The number of thiazole rings is 1. The number of hydrogen-bond acceptors (Lipinski definition) is 6. The van der Waals surface area contributed by atoms with Gasteiger partial charge in [0.1, 0.15) is 5.75 Å². The molecule has 0 spiro atoms. The number of carbonyl (C=O) groups is 1. The lowest BCUT2D eigenvalue weighted by molar-refractivity contribution is 0.0993. The molecule has 0 fully saturated rings. The SMILES string of the molecule is COCCn1c(=NC(=O)c2cccc(OC)c2OC)sc2cc(OC)ccc21. The van der Waals surface area contributed by atoms with E-state index in [9.17, 15) is 4.79 Å². The van der Waals surface area contributed by atoms with Gasteiger partial charge in [-0.2, -0.15) is 4.99 Å². The van der Waals surface area contributed by atoms with Crippen LogP contribution in [0.2, 0.25) is 0 Å². The Hall–Kier alpha value is -2.84. The average molecular weight is 402 g/mol. The van der Waals surface area contributed by atoms with Crippen LogP contribution in [0.25, 0.3) is 10.2 Å². The van der Waals surface area contributed by atoms with Crippen molar-refractivity contribution in [2.24, 2.45) is 4.99 Å². The molecule has 0 atom stereocenters. The zero-order chi connectivity index (χ0) is 20.1. The van der Waals surface area contributed by atoms with Gasteiger partial charge in [-0.3, -0.25) is 4.79 Å². The molecule has 1 amide bonds. The number of para-hydroxylation sites is 1. The standard InChI is InChI=1S/C20H22N2O5S/c1-24-11-10-22-15-9-8-13(25-2)12-17(15)28-20(22)21-19(23)14-6-5-7-16(26-3)18(14)27-4/h5-9,12H,10-11H2,1-4H3. The Morgan fingerprint density at radius 1 is 1.07 bits per heavy atom. The largest absolute Gasteiger partial charge is 0.497 e. The van der Waals surface area contributed by atoms with Crippen molar-refractivity contribution in [3.8, 4) is 17.2 Å². The van der Waals surface area contributed by atoms with Crippen LogP contribution in [0.15, 0.2) is 41.4 Å². The van der Waals surface area contributed by atoms with Gasteiger partial charge in [-0.25, -0.2) is 0 Å². The fourth-order valence-corrected chi connectivity index (χ4v) is 3.95. The van der Waals surface area contributed by atoms with E-state index in [2.05, 4.69) is 4.99 Å². The monoisotopic (exact) mass is 402 g/mol. The summed E-state index contributed by atoms with van der Waals surface area (Å²) in [7, 11) is 6.29. The summed E-state index contributed by atoms with van der Waals surface area (Å²) in [6, 6.07) is 10.9. The predicted octanol–water partition coefficient (Wildman–Crippen LogP) is 3.12. The second-order valence-corrected chi connectivity index (χ2v) is 6.83. The Morgan fingerprint density at radius 2 is 1.89 bits per heavy atom. The third kappa shape index (κ3) is 3.88. The summed E-state index contributed by atoms with van der Waals surface area (Å²) in [6.07, 6.45) is 0. The third-order valence-corrected chi connectivity index (χ3v) is 5.28. The van der Waals surface area contributed by atoms with Crippen LogP contribution in [-0.4, -0.2) is 45.5 Å². The summed E-state index contributed by atoms with van der Waals surface area (Å²) in [5.74, 6) is 1.20. The molecule has 0 saturated heterocycles. The molecular weight excluding hydrogens is 380 g/mol. The molecule has 3 rings (SSSR count). The average Bonchev–Trinajstić information content (AvgIpc) is 3.07. The van der Waals surface area contributed by atoms with Crippen molar-refractivity contribution in [3.63, 3.8) is 0 Å². The molecule has 0 N–H and O–H groups in total. The highest BCUT2D eigenvalue weighted by Gasteiger charge is 2.17. The van der Waals surface area contributed by atoms with Gasteiger partial charge in [-0.05, 0) is 30.3 Å². The van der Waals surface area contributed by atoms with E-state index < -0.39 is 5.91 Å². The van der Waals surface area contributed by atoms with E-state index in [0.29, 0.717) is 35.0 Å². The van der Waals surface area contributed by atoms with Crippen LogP contribution in [0.1, 0.15) is 10.4 Å². The Balaban J connectivity index is 2.14. The highest BCUT2D eigenvalue weighted by molar-refractivity contribution is 7.16. The smallest absolute Gasteiger partial charge is 0.283 e. The predicted molar refractivity (Wildman–Crippen MR) is 108 cm³/mol. The molecule has 0 radical (unpaired) electrons. The summed E-state index contributed by atoms with van der Waals surface area (Å²) in [6.45, 7) is 1.08. The van der Waals surface area contributed by atoms with Gasteiger partial charge >= 0.3 is 0 Å². The van der Waals surface area contributed by atoms with E-state index >= 15 is 0 Å². The van der Waals surface area contributed by atoms with Gasteiger partial charge in [0, 0.05) is 13.7 Å². The number of aromatic nitrogens is 1. The maximum absolute atomic E-state index is 12.9. The van der Waals surface area contributed by atoms with Gasteiger partial charge in [0.15, 0.2) is 16.3 Å². The molecule has 0 bridgehead atoms. The van der Waals surface area contributed by atoms with Gasteiger partial charge in [0.25, 0.3) is 5.91 Å². The van der Waals surface area contributed by atoms with Crippen LogP contribution in [0.5, 0.6) is 17.2 Å². The molecule has 0 unspecified atom stereocenters. The van der Waals surface area contributed by atoms with Gasteiger partial charge in [0.05, 0.1) is 43.7 Å². The Kier molecular flexibility index (Phi) is 6.33. The molecule has 0 aliphatic rings. The van der Waals surface area contributed by atoms with Crippen LogP contribution in [0.4, 0.5) is 0 Å². The Bertz CT molecular complexity index is 1050. The topological polar surface area (TPSA) is 71.3 Å². The molecule has 28 heavy (non-hydrogen) atoms. The highest BCUT2D eigenvalue weighted by Crippen LogP contribution is 2.31. The molecule has 0 saturated carbocycles. The summed E-state index contributed by atoms with van der Waals surface area (Å²) >= 11 is 1.42. The zero-order valence-electron chi connectivity index (χ0n) is 16.2. The van der Waals surface area contributed by atoms with E-state index in [1.165, 1.54) is 25.6 Å². The molecule has 3 aromatic rings. The fraction of sp³-hybridized carbons (Fsp3) is 0.300. The quantitative estimate of drug-likeness (QED) is 0.607. The number of fused-ring (bicyclic) bond motifs is 1. The van der Waals surface area contributed by atoms with Crippen molar-refractivity contribution >= 4 is 27.5 Å². The van der Waals surface area contributed by atoms with Crippen molar-refractivity contribution in [1.82, 2.24) is 4.57 Å². The number of benzene rings is 2. The Morgan fingerprint density at radius 3 is 2.57 bits per heavy atom. The van der Waals surface area contributed by atoms with Gasteiger partial charge in [0.2, 0.25) is 0 Å². The summed E-state index contributed by atoms with van der Waals surface area (Å²) < 4.78 is 24.1. The number of hydrogen-bond donors (Lipinski definition) is 0. The van der Waals surface area contributed by atoms with E-state index in [1.54, 1.807) is 32.4 Å². The van der Waals surface area contributed by atoms with Crippen LogP contribution < -0.4 is 19.0 Å². The minimum Gasteiger partial charge on any atom is -0.497 e. The first kappa shape index (κ1) is 19.9. The molecular formula is C20H22N2O5S. The third-order valence-electron chi connectivity index (χ3n) is 4.24. The van der Waals surface area contributed by atoms with Crippen LogP contribution in [0, 0.1) is 0 Å². The summed E-state index contributed by atoms with van der Waals surface area (Å²) in [4.78, 5) is 17.9. The van der Waals surface area contributed by atoms with Crippen LogP contribution in [-0.2, 0) is 11.3 Å². The zero-order valence-corrected chi connectivity index (χ0v) is 17.0. The van der Waals surface area contributed by atoms with Crippen molar-refractivity contribution in [2.75, 3.05) is 35.0 Å². The molecule has 1 aromatic heterocycles. The van der Waals surface area contributed by atoms with E-state index in [0.717, 1.165) is 16.0 Å². The van der Waals surface area contributed by atoms with Crippen molar-refractivity contribution < 1.29 is 23.7 Å². The first-order chi connectivity index (χ1) is 13.6. The lowest BCUT2D eigenvalue weighted by Crippen LogP contribution is -2.19. The number of ether oxygens (including phenoxy) is 4. The number of methoxy groups -OCH3 is 4. The summed E-state index contributed by atoms with van der Waals surface area (Å²) in [5.41, 5.74) is 1.31. The number of carbonyl (C=O) groups excluding carboxylic acids is 1. The fourth-order valence-electron chi connectivity index (χ4n) is 2.87. The van der Waals surface area contributed by atoms with E-state index in [4.69, 9.17) is 18.9 Å². The second-order valence-electron chi connectivity index (χ2n) is 5.82. The van der Waals surface area contributed by atoms with E-state index in [-0.39, 0.29) is 0 Å². The molecule has 0 aliphatic heterocycles. The van der Waals surface area contributed by atoms with Crippen LogP contribution >= 0.6 is 11.3 Å². The van der Waals surface area contributed by atoms with Gasteiger partial charge in [-0.1, -0.05) is 17.4 Å². The minimum atomic E-state index is -0.402. The number of amides is 1. The second kappa shape index (κ2) is 8.90. The van der Waals surface area contributed by atoms with Gasteiger partial charge in [-0.15, -0.1) is 0 Å². The van der Waals surface area contributed by atoms with E-state index in [1.807, 2.05) is 22.8 Å². The first-order valence-electron chi connectivity index (χ1n) is 8.59. The highest BCUT2D eigenvalue weighted by atomic mass is 32.1. The maximum atomic E-state index is 12.9. The molecule has 148 valence electrons. The van der Waals surface area contributed by atoms with Gasteiger partial charge < -0.3 is 23.5 Å². The lowest BCUT2D eigenvalue weighted by Gasteiger charge is -2.10.